The van der Waals surface area contributed by atoms with E-state index in [1.807, 2.05) is 6.92 Å². The van der Waals surface area contributed by atoms with Gasteiger partial charge in [-0.3, -0.25) is 4.90 Å². The molecule has 0 aromatic heterocycles. The van der Waals surface area contributed by atoms with Crippen LogP contribution in [0.25, 0.3) is 0 Å². The molecule has 15 heavy (non-hydrogen) atoms. The molecule has 0 saturated carbocycles. The van der Waals surface area contributed by atoms with Crippen molar-refractivity contribution in [2.75, 3.05) is 26.3 Å². The zero-order valence-corrected chi connectivity index (χ0v) is 10.3. The Bertz CT molecular complexity index is 180. The van der Waals surface area contributed by atoms with Gasteiger partial charge in [-0.05, 0) is 46.2 Å². The lowest BCUT2D eigenvalue weighted by atomic mass is 9.90. The molecule has 0 aliphatic carbocycles. The molecule has 0 bridgehead atoms. The number of aliphatic hydroxyl groups excluding tert-OH is 1. The molecule has 2 unspecified atom stereocenters. The average Bonchev–Trinajstić information content (AvgIpc) is 2.78. The molecule has 1 heterocycles. The predicted octanol–water partition coefficient (Wildman–Crippen LogP) is 1.65. The highest BCUT2D eigenvalue weighted by atomic mass is 16.5. The second-order valence-corrected chi connectivity index (χ2v) is 4.58. The lowest BCUT2D eigenvalue weighted by molar-refractivity contribution is -0.0580. The highest BCUT2D eigenvalue weighted by molar-refractivity contribution is 4.93. The van der Waals surface area contributed by atoms with E-state index in [-0.39, 0.29) is 11.6 Å². The van der Waals surface area contributed by atoms with Crippen molar-refractivity contribution in [3.8, 4) is 0 Å². The molecule has 0 aromatic carbocycles. The van der Waals surface area contributed by atoms with Crippen molar-refractivity contribution in [3.05, 3.63) is 0 Å². The van der Waals surface area contributed by atoms with Crippen molar-refractivity contribution in [1.82, 2.24) is 4.90 Å². The molecular weight excluding hydrogens is 190 g/mol. The van der Waals surface area contributed by atoms with Gasteiger partial charge in [0, 0.05) is 12.1 Å². The quantitative estimate of drug-likeness (QED) is 0.731. The maximum Gasteiger partial charge on any atom is 0.0953 e. The summed E-state index contributed by atoms with van der Waals surface area (Å²) in [6, 6.07) is 0. The summed E-state index contributed by atoms with van der Waals surface area (Å²) in [5.74, 6) is 0. The highest BCUT2D eigenvalue weighted by Gasteiger charge is 2.38. The third-order valence-corrected chi connectivity index (χ3v) is 3.74. The molecule has 0 amide bonds. The van der Waals surface area contributed by atoms with E-state index in [9.17, 15) is 5.11 Å². The predicted molar refractivity (Wildman–Crippen MR) is 62.0 cm³/mol. The van der Waals surface area contributed by atoms with Crippen molar-refractivity contribution in [1.29, 1.82) is 0 Å². The van der Waals surface area contributed by atoms with E-state index in [0.29, 0.717) is 13.2 Å². The molecular formula is C12H25NO2. The van der Waals surface area contributed by atoms with E-state index in [1.54, 1.807) is 0 Å². The van der Waals surface area contributed by atoms with Gasteiger partial charge in [0.1, 0.15) is 0 Å². The number of hydrogen-bond donors (Lipinski definition) is 1. The van der Waals surface area contributed by atoms with Crippen LogP contribution < -0.4 is 0 Å². The van der Waals surface area contributed by atoms with Crippen molar-refractivity contribution < 1.29 is 9.84 Å². The van der Waals surface area contributed by atoms with Crippen LogP contribution in [0, 0.1) is 0 Å². The molecule has 0 radical (unpaired) electrons. The van der Waals surface area contributed by atoms with Gasteiger partial charge in [-0.25, -0.2) is 0 Å². The van der Waals surface area contributed by atoms with Crippen LogP contribution in [0.5, 0.6) is 0 Å². The maximum absolute atomic E-state index is 10.2. The van der Waals surface area contributed by atoms with Gasteiger partial charge in [0.25, 0.3) is 0 Å². The van der Waals surface area contributed by atoms with Crippen LogP contribution in [0.2, 0.25) is 0 Å². The summed E-state index contributed by atoms with van der Waals surface area (Å²) in [4.78, 5) is 2.41. The van der Waals surface area contributed by atoms with E-state index < -0.39 is 0 Å². The first-order valence-electron chi connectivity index (χ1n) is 6.16. The van der Waals surface area contributed by atoms with Crippen molar-refractivity contribution in [3.63, 3.8) is 0 Å². The van der Waals surface area contributed by atoms with Gasteiger partial charge in [0.15, 0.2) is 0 Å². The standard InChI is InChI=1S/C12H25NO2/c1-4-12(3,11(14)10-15-5-2)13-8-6-7-9-13/h11,14H,4-10H2,1-3H3. The van der Waals surface area contributed by atoms with Crippen molar-refractivity contribution in [2.24, 2.45) is 0 Å². The van der Waals surface area contributed by atoms with Gasteiger partial charge in [-0.1, -0.05) is 6.92 Å². The lowest BCUT2D eigenvalue weighted by Crippen LogP contribution is -2.54. The Hall–Kier alpha value is -0.120. The first-order valence-corrected chi connectivity index (χ1v) is 6.16. The Morgan fingerprint density at radius 1 is 1.33 bits per heavy atom. The number of nitrogens with zero attached hydrogens (tertiary/aromatic N) is 1. The minimum Gasteiger partial charge on any atom is -0.389 e. The van der Waals surface area contributed by atoms with Crippen LogP contribution in [-0.4, -0.2) is 48.0 Å². The first kappa shape index (κ1) is 12.9. The van der Waals surface area contributed by atoms with E-state index in [4.69, 9.17) is 4.74 Å². The second kappa shape index (κ2) is 5.83. The Morgan fingerprint density at radius 2 is 1.93 bits per heavy atom. The number of aliphatic hydroxyl groups is 1. The Labute approximate surface area is 93.4 Å². The topological polar surface area (TPSA) is 32.7 Å². The summed E-state index contributed by atoms with van der Waals surface area (Å²) >= 11 is 0. The van der Waals surface area contributed by atoms with E-state index in [2.05, 4.69) is 18.7 Å². The smallest absolute Gasteiger partial charge is 0.0953 e. The fraction of sp³-hybridized carbons (Fsp3) is 1.00. The van der Waals surface area contributed by atoms with E-state index >= 15 is 0 Å². The van der Waals surface area contributed by atoms with Crippen LogP contribution in [0.15, 0.2) is 0 Å². The third-order valence-electron chi connectivity index (χ3n) is 3.74. The summed E-state index contributed by atoms with van der Waals surface area (Å²) in [7, 11) is 0. The van der Waals surface area contributed by atoms with Gasteiger partial charge in [0.05, 0.1) is 12.7 Å². The summed E-state index contributed by atoms with van der Waals surface area (Å²) in [5, 5.41) is 10.2. The van der Waals surface area contributed by atoms with Crippen LogP contribution in [0.4, 0.5) is 0 Å². The van der Waals surface area contributed by atoms with E-state index in [1.165, 1.54) is 12.8 Å². The minimum atomic E-state index is -0.374. The Kier molecular flexibility index (Phi) is 5.03. The van der Waals surface area contributed by atoms with Crippen LogP contribution in [0.3, 0.4) is 0 Å². The molecule has 0 spiro atoms. The number of ether oxygens (including phenoxy) is 1. The van der Waals surface area contributed by atoms with Crippen LogP contribution in [0.1, 0.15) is 40.0 Å². The minimum absolute atomic E-state index is 0.105. The van der Waals surface area contributed by atoms with Gasteiger partial charge >= 0.3 is 0 Å². The summed E-state index contributed by atoms with van der Waals surface area (Å²) in [6.45, 7) is 9.64. The summed E-state index contributed by atoms with van der Waals surface area (Å²) in [5.41, 5.74) is -0.105. The van der Waals surface area contributed by atoms with Gasteiger partial charge in [0.2, 0.25) is 0 Å². The molecule has 1 fully saturated rings. The SMILES string of the molecule is CCOCC(O)C(C)(CC)N1CCCC1. The second-order valence-electron chi connectivity index (χ2n) is 4.58. The number of hydrogen-bond acceptors (Lipinski definition) is 3. The Morgan fingerprint density at radius 3 is 2.40 bits per heavy atom. The van der Waals surface area contributed by atoms with Gasteiger partial charge < -0.3 is 9.84 Å². The van der Waals surface area contributed by atoms with Gasteiger partial charge in [-0.2, -0.15) is 0 Å². The number of likely N-dealkylation sites (tertiary alicyclic amines) is 1. The first-order chi connectivity index (χ1) is 7.15. The zero-order valence-electron chi connectivity index (χ0n) is 10.3. The molecule has 3 nitrogen and oxygen atoms in total. The van der Waals surface area contributed by atoms with Gasteiger partial charge in [-0.15, -0.1) is 0 Å². The zero-order chi connectivity index (χ0) is 11.3. The molecule has 0 aromatic rings. The molecule has 1 N–H and O–H groups in total. The highest BCUT2D eigenvalue weighted by Crippen LogP contribution is 2.28. The average molecular weight is 215 g/mol. The molecule has 1 aliphatic rings. The molecule has 90 valence electrons. The van der Waals surface area contributed by atoms with Crippen molar-refractivity contribution >= 4 is 0 Å². The fourth-order valence-electron chi connectivity index (χ4n) is 2.31. The number of rotatable bonds is 6. The normalized spacial score (nSPS) is 24.0. The van der Waals surface area contributed by atoms with Crippen LogP contribution in [-0.2, 0) is 4.74 Å². The molecule has 2 atom stereocenters. The fourth-order valence-corrected chi connectivity index (χ4v) is 2.31. The largest absolute Gasteiger partial charge is 0.389 e. The molecule has 3 heteroatoms. The lowest BCUT2D eigenvalue weighted by Gasteiger charge is -2.41. The summed E-state index contributed by atoms with van der Waals surface area (Å²) in [6.07, 6.45) is 3.12. The van der Waals surface area contributed by atoms with Crippen molar-refractivity contribution in [2.45, 2.75) is 51.7 Å². The Balaban J connectivity index is 2.56. The molecule has 1 aliphatic heterocycles. The third kappa shape index (κ3) is 2.92. The molecule has 1 rings (SSSR count). The monoisotopic (exact) mass is 215 g/mol. The summed E-state index contributed by atoms with van der Waals surface area (Å²) < 4.78 is 5.33. The van der Waals surface area contributed by atoms with E-state index in [0.717, 1.165) is 19.5 Å². The maximum atomic E-state index is 10.2. The molecule has 1 saturated heterocycles. The van der Waals surface area contributed by atoms with Crippen LogP contribution >= 0.6 is 0 Å².